The van der Waals surface area contributed by atoms with Crippen LogP contribution in [0.25, 0.3) is 0 Å². The fourth-order valence-electron chi connectivity index (χ4n) is 2.43. The SMILES string of the molecule is Cc1cc(C(=O)COC(=O)CCC(=O)c2ccc(Cl)cc2)c(C)n1C. The van der Waals surface area contributed by atoms with Gasteiger partial charge in [0.05, 0.1) is 6.42 Å². The van der Waals surface area contributed by atoms with Crippen LogP contribution in [0.5, 0.6) is 0 Å². The third kappa shape index (κ3) is 4.79. The van der Waals surface area contributed by atoms with E-state index in [1.165, 1.54) is 0 Å². The van der Waals surface area contributed by atoms with Gasteiger partial charge in [0, 0.05) is 41.0 Å². The van der Waals surface area contributed by atoms with Gasteiger partial charge in [-0.05, 0) is 44.2 Å². The molecule has 0 atom stereocenters. The van der Waals surface area contributed by atoms with Crippen LogP contribution in [0.2, 0.25) is 5.02 Å². The first-order valence-electron chi connectivity index (χ1n) is 7.90. The number of aromatic nitrogens is 1. The van der Waals surface area contributed by atoms with Gasteiger partial charge in [-0.15, -0.1) is 0 Å². The molecule has 2 rings (SSSR count). The van der Waals surface area contributed by atoms with Crippen LogP contribution in [0.4, 0.5) is 0 Å². The molecule has 0 spiro atoms. The van der Waals surface area contributed by atoms with Gasteiger partial charge in [-0.2, -0.15) is 0 Å². The Balaban J connectivity index is 1.82. The van der Waals surface area contributed by atoms with Gasteiger partial charge < -0.3 is 9.30 Å². The van der Waals surface area contributed by atoms with Crippen molar-refractivity contribution in [1.82, 2.24) is 4.57 Å². The molecule has 5 nitrogen and oxygen atoms in total. The third-order valence-corrected chi connectivity index (χ3v) is 4.41. The van der Waals surface area contributed by atoms with Crippen molar-refractivity contribution in [3.63, 3.8) is 0 Å². The summed E-state index contributed by atoms with van der Waals surface area (Å²) in [5.74, 6) is -0.992. The summed E-state index contributed by atoms with van der Waals surface area (Å²) in [6.07, 6.45) is -0.0420. The van der Waals surface area contributed by atoms with Crippen molar-refractivity contribution < 1.29 is 19.1 Å². The molecule has 6 heteroatoms. The number of carbonyl (C=O) groups excluding carboxylic acids is 3. The van der Waals surface area contributed by atoms with Gasteiger partial charge in [0.1, 0.15) is 0 Å². The molecule has 0 aliphatic rings. The summed E-state index contributed by atoms with van der Waals surface area (Å²) in [6, 6.07) is 8.24. The number of hydrogen-bond acceptors (Lipinski definition) is 4. The molecule has 0 saturated carbocycles. The van der Waals surface area contributed by atoms with E-state index in [4.69, 9.17) is 16.3 Å². The van der Waals surface area contributed by atoms with E-state index in [0.717, 1.165) is 11.4 Å². The minimum absolute atomic E-state index is 0.0259. The molecule has 1 aromatic heterocycles. The van der Waals surface area contributed by atoms with Crippen molar-refractivity contribution in [2.24, 2.45) is 7.05 Å². The van der Waals surface area contributed by atoms with Gasteiger partial charge in [-0.1, -0.05) is 11.6 Å². The fraction of sp³-hybridized carbons (Fsp3) is 0.316. The molecule has 0 saturated heterocycles. The Morgan fingerprint density at radius 1 is 1.04 bits per heavy atom. The maximum Gasteiger partial charge on any atom is 0.306 e. The smallest absolute Gasteiger partial charge is 0.306 e. The second-order valence-corrected chi connectivity index (χ2v) is 6.29. The summed E-state index contributed by atoms with van der Waals surface area (Å²) in [6.45, 7) is 3.42. The van der Waals surface area contributed by atoms with Crippen LogP contribution in [-0.4, -0.2) is 28.7 Å². The van der Waals surface area contributed by atoms with Crippen LogP contribution in [-0.2, 0) is 16.6 Å². The zero-order valence-electron chi connectivity index (χ0n) is 14.5. The average Bonchev–Trinajstić information content (AvgIpc) is 2.85. The molecule has 0 aliphatic carbocycles. The van der Waals surface area contributed by atoms with Gasteiger partial charge >= 0.3 is 5.97 Å². The number of Topliss-reactive ketones (excluding diaryl/α,β-unsaturated/α-hetero) is 2. The number of hydrogen-bond donors (Lipinski definition) is 0. The minimum atomic E-state index is -0.569. The van der Waals surface area contributed by atoms with Crippen LogP contribution in [0.1, 0.15) is 44.9 Å². The Labute approximate surface area is 151 Å². The van der Waals surface area contributed by atoms with Crippen LogP contribution in [0, 0.1) is 13.8 Å². The summed E-state index contributed by atoms with van der Waals surface area (Å²) < 4.78 is 6.90. The molecule has 0 N–H and O–H groups in total. The third-order valence-electron chi connectivity index (χ3n) is 4.16. The topological polar surface area (TPSA) is 65.4 Å². The molecule has 0 bridgehead atoms. The molecular formula is C19H20ClNO4. The fourth-order valence-corrected chi connectivity index (χ4v) is 2.56. The van der Waals surface area contributed by atoms with E-state index in [9.17, 15) is 14.4 Å². The molecule has 1 aromatic carbocycles. The molecule has 1 heterocycles. The highest BCUT2D eigenvalue weighted by Gasteiger charge is 2.16. The Morgan fingerprint density at radius 3 is 2.24 bits per heavy atom. The van der Waals surface area contributed by atoms with E-state index in [-0.39, 0.29) is 31.0 Å². The lowest BCUT2D eigenvalue weighted by Crippen LogP contribution is -2.15. The van der Waals surface area contributed by atoms with Crippen molar-refractivity contribution in [3.8, 4) is 0 Å². The zero-order valence-corrected chi connectivity index (χ0v) is 15.2. The number of aryl methyl sites for hydroxylation is 1. The van der Waals surface area contributed by atoms with E-state index in [0.29, 0.717) is 16.1 Å². The molecule has 132 valence electrons. The van der Waals surface area contributed by atoms with Crippen molar-refractivity contribution in [2.45, 2.75) is 26.7 Å². The van der Waals surface area contributed by atoms with Crippen LogP contribution < -0.4 is 0 Å². The van der Waals surface area contributed by atoms with E-state index in [1.807, 2.05) is 25.5 Å². The lowest BCUT2D eigenvalue weighted by Gasteiger charge is -2.05. The standard InChI is InChI=1S/C19H20ClNO4/c1-12-10-16(13(2)21(12)3)18(23)11-25-19(24)9-8-17(22)14-4-6-15(20)7-5-14/h4-7,10H,8-9,11H2,1-3H3. The van der Waals surface area contributed by atoms with Gasteiger partial charge in [0.25, 0.3) is 0 Å². The first-order valence-corrected chi connectivity index (χ1v) is 8.28. The summed E-state index contributed by atoms with van der Waals surface area (Å²) in [5.41, 5.74) is 2.82. The molecule has 0 radical (unpaired) electrons. The van der Waals surface area contributed by atoms with E-state index in [2.05, 4.69) is 0 Å². The summed E-state index contributed by atoms with van der Waals surface area (Å²) in [7, 11) is 1.87. The quantitative estimate of drug-likeness (QED) is 0.557. The van der Waals surface area contributed by atoms with Crippen LogP contribution in [0.3, 0.4) is 0 Å². The number of nitrogens with zero attached hydrogens (tertiary/aromatic N) is 1. The number of carbonyl (C=O) groups is 3. The predicted octanol–water partition coefficient (Wildman–Crippen LogP) is 3.68. The maximum absolute atomic E-state index is 12.2. The van der Waals surface area contributed by atoms with Crippen LogP contribution >= 0.6 is 11.6 Å². The molecule has 0 aliphatic heterocycles. The largest absolute Gasteiger partial charge is 0.457 e. The molecular weight excluding hydrogens is 342 g/mol. The highest BCUT2D eigenvalue weighted by atomic mass is 35.5. The highest BCUT2D eigenvalue weighted by Crippen LogP contribution is 2.15. The number of esters is 1. The van der Waals surface area contributed by atoms with Crippen molar-refractivity contribution in [1.29, 1.82) is 0 Å². The van der Waals surface area contributed by atoms with E-state index in [1.54, 1.807) is 30.3 Å². The first kappa shape index (κ1) is 18.9. The van der Waals surface area contributed by atoms with Crippen molar-refractivity contribution >= 4 is 29.1 Å². The van der Waals surface area contributed by atoms with Crippen molar-refractivity contribution in [3.05, 3.63) is 57.9 Å². The van der Waals surface area contributed by atoms with Gasteiger partial charge in [-0.25, -0.2) is 0 Å². The van der Waals surface area contributed by atoms with Gasteiger partial charge in [-0.3, -0.25) is 14.4 Å². The summed E-state index contributed by atoms with van der Waals surface area (Å²) >= 11 is 5.77. The molecule has 0 unspecified atom stereocenters. The normalized spacial score (nSPS) is 10.6. The molecule has 25 heavy (non-hydrogen) atoms. The lowest BCUT2D eigenvalue weighted by atomic mass is 10.1. The number of ether oxygens (including phenoxy) is 1. The predicted molar refractivity (Wildman–Crippen MR) is 95.2 cm³/mol. The maximum atomic E-state index is 12.2. The van der Waals surface area contributed by atoms with Crippen LogP contribution in [0.15, 0.2) is 30.3 Å². The Kier molecular flexibility index (Phi) is 6.15. The van der Waals surface area contributed by atoms with Gasteiger partial charge in [0.15, 0.2) is 12.4 Å². The summed E-state index contributed by atoms with van der Waals surface area (Å²) in [5, 5.41) is 0.543. The monoisotopic (exact) mass is 361 g/mol. The molecule has 0 amide bonds. The second-order valence-electron chi connectivity index (χ2n) is 5.86. The highest BCUT2D eigenvalue weighted by molar-refractivity contribution is 6.30. The van der Waals surface area contributed by atoms with Gasteiger partial charge in [0.2, 0.25) is 5.78 Å². The second kappa shape index (κ2) is 8.12. The zero-order chi connectivity index (χ0) is 18.6. The van der Waals surface area contributed by atoms with E-state index >= 15 is 0 Å². The Morgan fingerprint density at radius 2 is 1.68 bits per heavy atom. The Hall–Kier alpha value is -2.40. The Bertz CT molecular complexity index is 806. The van der Waals surface area contributed by atoms with E-state index < -0.39 is 5.97 Å². The number of rotatable bonds is 7. The molecule has 2 aromatic rings. The molecule has 0 fully saturated rings. The lowest BCUT2D eigenvalue weighted by molar-refractivity contribution is -0.142. The summed E-state index contributed by atoms with van der Waals surface area (Å²) in [4.78, 5) is 35.9. The average molecular weight is 362 g/mol. The van der Waals surface area contributed by atoms with Crippen molar-refractivity contribution in [2.75, 3.05) is 6.61 Å². The number of ketones is 2. The minimum Gasteiger partial charge on any atom is -0.457 e. The number of benzene rings is 1. The number of halogens is 1. The first-order chi connectivity index (χ1) is 11.8.